The van der Waals surface area contributed by atoms with Crippen LogP contribution >= 0.6 is 11.6 Å². The van der Waals surface area contributed by atoms with Crippen LogP contribution in [0.4, 0.5) is 5.69 Å². The summed E-state index contributed by atoms with van der Waals surface area (Å²) in [6.45, 7) is 1.18. The first-order valence-electron chi connectivity index (χ1n) is 7.48. The number of sulfonamides is 1. The minimum Gasteiger partial charge on any atom is -0.399 e. The number of nitrogens with two attached hydrogens (primary N) is 1. The van der Waals surface area contributed by atoms with Crippen LogP contribution in [0.15, 0.2) is 23.1 Å². The van der Waals surface area contributed by atoms with Gasteiger partial charge in [0.15, 0.2) is 0 Å². The first kappa shape index (κ1) is 15.1. The van der Waals surface area contributed by atoms with Gasteiger partial charge in [0.1, 0.15) is 4.90 Å². The lowest BCUT2D eigenvalue weighted by atomic mass is 9.78. The minimum absolute atomic E-state index is 0.131. The van der Waals surface area contributed by atoms with Crippen molar-refractivity contribution in [1.82, 2.24) is 4.31 Å². The van der Waals surface area contributed by atoms with Crippen molar-refractivity contribution >= 4 is 27.3 Å². The summed E-state index contributed by atoms with van der Waals surface area (Å²) in [5, 5.41) is 0.241. The molecule has 1 spiro atoms. The number of halogens is 1. The number of piperidine rings is 1. The van der Waals surface area contributed by atoms with Crippen LogP contribution in [0, 0.1) is 5.41 Å². The van der Waals surface area contributed by atoms with Gasteiger partial charge >= 0.3 is 0 Å². The lowest BCUT2D eigenvalue weighted by Gasteiger charge is -2.38. The molecule has 1 aromatic rings. The van der Waals surface area contributed by atoms with Gasteiger partial charge in [-0.2, -0.15) is 4.31 Å². The molecule has 6 heteroatoms. The Bertz CT molecular complexity index is 629. The average molecular weight is 329 g/mol. The lowest BCUT2D eigenvalue weighted by Crippen LogP contribution is -2.42. The maximum atomic E-state index is 12.7. The molecule has 1 aromatic carbocycles. The maximum Gasteiger partial charge on any atom is 0.244 e. The van der Waals surface area contributed by atoms with Crippen molar-refractivity contribution in [3.8, 4) is 0 Å². The van der Waals surface area contributed by atoms with E-state index in [0.717, 1.165) is 12.8 Å². The third-order valence-electron chi connectivity index (χ3n) is 5.02. The van der Waals surface area contributed by atoms with Gasteiger partial charge in [-0.05, 0) is 49.3 Å². The quantitative estimate of drug-likeness (QED) is 0.847. The van der Waals surface area contributed by atoms with Crippen molar-refractivity contribution in [3.05, 3.63) is 23.2 Å². The maximum absolute atomic E-state index is 12.7. The van der Waals surface area contributed by atoms with Crippen molar-refractivity contribution in [2.24, 2.45) is 5.41 Å². The van der Waals surface area contributed by atoms with Crippen LogP contribution < -0.4 is 5.73 Å². The molecule has 4 nitrogen and oxygen atoms in total. The standard InChI is InChI=1S/C15H21ClN2O2S/c16-13-4-3-12(17)11-14(13)21(19,20)18-9-7-15(8-10-18)5-1-2-6-15/h3-4,11H,1-2,5-10,17H2. The highest BCUT2D eigenvalue weighted by Crippen LogP contribution is 2.47. The van der Waals surface area contributed by atoms with Gasteiger partial charge in [-0.25, -0.2) is 8.42 Å². The van der Waals surface area contributed by atoms with Crippen molar-refractivity contribution < 1.29 is 8.42 Å². The number of rotatable bonds is 2. The van der Waals surface area contributed by atoms with Crippen LogP contribution in [0.5, 0.6) is 0 Å². The molecule has 21 heavy (non-hydrogen) atoms. The van der Waals surface area contributed by atoms with Crippen molar-refractivity contribution in [3.63, 3.8) is 0 Å². The smallest absolute Gasteiger partial charge is 0.244 e. The molecule has 3 rings (SSSR count). The third-order valence-corrected chi connectivity index (χ3v) is 7.40. The summed E-state index contributed by atoms with van der Waals surface area (Å²) in [5.74, 6) is 0. The molecule has 2 aliphatic rings. The monoisotopic (exact) mass is 328 g/mol. The molecule has 1 heterocycles. The summed E-state index contributed by atoms with van der Waals surface area (Å²) in [7, 11) is -3.54. The number of hydrogen-bond acceptors (Lipinski definition) is 3. The number of anilines is 1. The molecular weight excluding hydrogens is 308 g/mol. The highest BCUT2D eigenvalue weighted by atomic mass is 35.5. The van der Waals surface area contributed by atoms with Gasteiger partial charge in [-0.3, -0.25) is 0 Å². The van der Waals surface area contributed by atoms with E-state index in [1.807, 2.05) is 0 Å². The van der Waals surface area contributed by atoms with Crippen LogP contribution in [-0.2, 0) is 10.0 Å². The first-order valence-corrected chi connectivity index (χ1v) is 9.30. The molecule has 2 fully saturated rings. The molecule has 0 aromatic heterocycles. The predicted molar refractivity (Wildman–Crippen MR) is 84.8 cm³/mol. The molecule has 0 radical (unpaired) electrons. The zero-order valence-corrected chi connectivity index (χ0v) is 13.6. The second-order valence-electron chi connectivity index (χ2n) is 6.30. The van der Waals surface area contributed by atoms with E-state index in [1.165, 1.54) is 31.7 Å². The topological polar surface area (TPSA) is 63.4 Å². The van der Waals surface area contributed by atoms with E-state index in [2.05, 4.69) is 0 Å². The van der Waals surface area contributed by atoms with Crippen LogP contribution in [0.3, 0.4) is 0 Å². The van der Waals surface area contributed by atoms with Crippen molar-refractivity contribution in [1.29, 1.82) is 0 Å². The van der Waals surface area contributed by atoms with Crippen LogP contribution in [0.2, 0.25) is 5.02 Å². The van der Waals surface area contributed by atoms with Gasteiger partial charge in [0, 0.05) is 18.8 Å². The summed E-state index contributed by atoms with van der Waals surface area (Å²) in [5.41, 5.74) is 6.52. The molecule has 1 saturated carbocycles. The van der Waals surface area contributed by atoms with Crippen molar-refractivity contribution in [2.75, 3.05) is 18.8 Å². The Kier molecular flexibility index (Phi) is 3.93. The summed E-state index contributed by atoms with van der Waals surface area (Å²) >= 11 is 6.06. The lowest BCUT2D eigenvalue weighted by molar-refractivity contribution is 0.160. The van der Waals surface area contributed by atoms with E-state index < -0.39 is 10.0 Å². The van der Waals surface area contributed by atoms with Gasteiger partial charge in [-0.15, -0.1) is 0 Å². The molecular formula is C15H21ClN2O2S. The van der Waals surface area contributed by atoms with Gasteiger partial charge in [0.2, 0.25) is 10.0 Å². The fourth-order valence-corrected chi connectivity index (χ4v) is 5.63. The molecule has 0 unspecified atom stereocenters. The van der Waals surface area contributed by atoms with E-state index in [9.17, 15) is 8.42 Å². The Morgan fingerprint density at radius 1 is 1.10 bits per heavy atom. The van der Waals surface area contributed by atoms with Crippen molar-refractivity contribution in [2.45, 2.75) is 43.4 Å². The highest BCUT2D eigenvalue weighted by molar-refractivity contribution is 7.89. The Morgan fingerprint density at radius 3 is 2.33 bits per heavy atom. The Balaban J connectivity index is 1.82. The van der Waals surface area contributed by atoms with Gasteiger partial charge in [0.05, 0.1) is 5.02 Å². The largest absolute Gasteiger partial charge is 0.399 e. The third kappa shape index (κ3) is 2.79. The van der Waals surface area contributed by atoms with Gasteiger partial charge in [0.25, 0.3) is 0 Å². The van der Waals surface area contributed by atoms with Gasteiger partial charge in [-0.1, -0.05) is 24.4 Å². The first-order chi connectivity index (χ1) is 9.93. The minimum atomic E-state index is -3.54. The van der Waals surface area contributed by atoms with E-state index >= 15 is 0 Å². The molecule has 1 saturated heterocycles. The number of hydrogen-bond donors (Lipinski definition) is 1. The van der Waals surface area contributed by atoms with Crippen LogP contribution in [-0.4, -0.2) is 25.8 Å². The zero-order valence-electron chi connectivity index (χ0n) is 12.0. The summed E-state index contributed by atoms with van der Waals surface area (Å²) in [4.78, 5) is 0.131. The Hall–Kier alpha value is -0.780. The van der Waals surface area contributed by atoms with E-state index in [1.54, 1.807) is 16.4 Å². The molecule has 2 N–H and O–H groups in total. The fourth-order valence-electron chi connectivity index (χ4n) is 3.68. The number of nitrogen functional groups attached to an aromatic ring is 1. The SMILES string of the molecule is Nc1ccc(Cl)c(S(=O)(=O)N2CCC3(CCCC3)CC2)c1. The number of nitrogens with zero attached hydrogens (tertiary/aromatic N) is 1. The normalized spacial score (nSPS) is 22.7. The van der Waals surface area contributed by atoms with Gasteiger partial charge < -0.3 is 5.73 Å². The second kappa shape index (κ2) is 5.45. The summed E-state index contributed by atoms with van der Waals surface area (Å²) in [6.07, 6.45) is 7.00. The van der Waals surface area contributed by atoms with E-state index in [4.69, 9.17) is 17.3 Å². The van der Waals surface area contributed by atoms with E-state index in [-0.39, 0.29) is 9.92 Å². The molecule has 0 amide bonds. The number of benzene rings is 1. The molecule has 0 bridgehead atoms. The Morgan fingerprint density at radius 2 is 1.71 bits per heavy atom. The molecule has 1 aliphatic carbocycles. The zero-order chi connectivity index (χ0) is 15.1. The Labute approximate surface area is 131 Å². The predicted octanol–water partition coefficient (Wildman–Crippen LogP) is 3.27. The summed E-state index contributed by atoms with van der Waals surface area (Å²) in [6, 6.07) is 4.62. The average Bonchev–Trinajstić information content (AvgIpc) is 2.90. The van der Waals surface area contributed by atoms with E-state index in [0.29, 0.717) is 24.2 Å². The molecule has 116 valence electrons. The second-order valence-corrected chi connectivity index (χ2v) is 8.61. The molecule has 0 atom stereocenters. The highest BCUT2D eigenvalue weighted by Gasteiger charge is 2.40. The van der Waals surface area contributed by atoms with Crippen LogP contribution in [0.25, 0.3) is 0 Å². The molecule has 1 aliphatic heterocycles. The van der Waals surface area contributed by atoms with Crippen LogP contribution in [0.1, 0.15) is 38.5 Å². The summed E-state index contributed by atoms with van der Waals surface area (Å²) < 4.78 is 27.1. The fraction of sp³-hybridized carbons (Fsp3) is 0.600.